The van der Waals surface area contributed by atoms with Crippen LogP contribution in [0.1, 0.15) is 31.9 Å². The normalized spacial score (nSPS) is 13.1. The van der Waals surface area contributed by atoms with Crippen molar-refractivity contribution in [3.05, 3.63) is 96.1 Å². The summed E-state index contributed by atoms with van der Waals surface area (Å²) in [5, 5.41) is 26.5. The number of nitrogens with zero attached hydrogens (tertiary/aromatic N) is 2. The summed E-state index contributed by atoms with van der Waals surface area (Å²) in [4.78, 5) is 24.8. The Kier molecular flexibility index (Phi) is 11.5. The van der Waals surface area contributed by atoms with E-state index in [0.717, 1.165) is 16.0 Å². The van der Waals surface area contributed by atoms with Crippen LogP contribution in [0.25, 0.3) is 0 Å². The Hall–Kier alpha value is -3.73. The molecule has 0 aliphatic carbocycles. The van der Waals surface area contributed by atoms with E-state index in [9.17, 15) is 28.2 Å². The van der Waals surface area contributed by atoms with Crippen LogP contribution in [0, 0.1) is 5.92 Å². The van der Waals surface area contributed by atoms with Crippen molar-refractivity contribution >= 4 is 27.7 Å². The number of amides is 2. The number of carbonyl (C=O) groups is 2. The number of carbonyl (C=O) groups excluding carboxylic acids is 2. The predicted molar refractivity (Wildman–Crippen MR) is 157 cm³/mol. The Balaban J connectivity index is 1.91. The summed E-state index contributed by atoms with van der Waals surface area (Å²) in [7, 11) is -4.06. The van der Waals surface area contributed by atoms with Crippen LogP contribution in [0.3, 0.4) is 0 Å². The number of sulfonamides is 1. The van der Waals surface area contributed by atoms with E-state index in [1.807, 2.05) is 74.5 Å². The molecule has 2 amide bonds. The smallest absolute Gasteiger partial charge is 0.243 e. The maximum Gasteiger partial charge on any atom is 0.243 e. The van der Waals surface area contributed by atoms with Gasteiger partial charge in [-0.3, -0.25) is 4.79 Å². The van der Waals surface area contributed by atoms with Gasteiger partial charge in [-0.05, 0) is 54.2 Å². The van der Waals surface area contributed by atoms with Crippen molar-refractivity contribution in [3.63, 3.8) is 0 Å². The van der Waals surface area contributed by atoms with Gasteiger partial charge in [0.2, 0.25) is 15.9 Å². The maximum atomic E-state index is 13.7. The Morgan fingerprint density at radius 2 is 1.44 bits per heavy atom. The van der Waals surface area contributed by atoms with Gasteiger partial charge in [-0.1, -0.05) is 74.5 Å². The highest BCUT2D eigenvalue weighted by atomic mass is 32.2. The molecule has 2 atom stereocenters. The lowest BCUT2D eigenvalue weighted by atomic mass is 9.98. The molecule has 0 aliphatic heterocycles. The minimum absolute atomic E-state index is 0.0000959. The number of hydrogen-bond acceptors (Lipinski definition) is 6. The van der Waals surface area contributed by atoms with Crippen LogP contribution in [0.15, 0.2) is 89.8 Å². The molecule has 0 radical (unpaired) electrons. The molecule has 3 aromatic rings. The summed E-state index contributed by atoms with van der Waals surface area (Å²) in [6.45, 7) is 4.95. The first-order valence-corrected chi connectivity index (χ1v) is 15.0. The number of aliphatic hydroxyl groups excluding tert-OH is 1. The van der Waals surface area contributed by atoms with Crippen molar-refractivity contribution < 1.29 is 28.2 Å². The highest BCUT2D eigenvalue weighted by molar-refractivity contribution is 7.89. The molecule has 10 heteroatoms. The fourth-order valence-corrected chi connectivity index (χ4v) is 6.29. The van der Waals surface area contributed by atoms with Crippen LogP contribution in [0.5, 0.6) is 0 Å². The molecule has 0 saturated heterocycles. The van der Waals surface area contributed by atoms with E-state index in [1.54, 1.807) is 0 Å². The SMILES string of the molecule is CC(=O)Nc1ccc(S(=O)(=O)N(CC(C)C)C[C@@H](O)[C@H](Cc2ccccc2)N(CCc2ccccc2)C(=O)[O-])cc1. The number of anilines is 1. The number of benzene rings is 3. The van der Waals surface area contributed by atoms with Crippen molar-refractivity contribution in [2.75, 3.05) is 25.0 Å². The average molecular weight is 581 g/mol. The second kappa shape index (κ2) is 14.8. The predicted octanol–water partition coefficient (Wildman–Crippen LogP) is 3.15. The van der Waals surface area contributed by atoms with Gasteiger partial charge in [-0.15, -0.1) is 0 Å². The topological polar surface area (TPSA) is 130 Å². The molecule has 0 aromatic heterocycles. The summed E-state index contributed by atoms with van der Waals surface area (Å²) in [6.07, 6.45) is -2.21. The van der Waals surface area contributed by atoms with Gasteiger partial charge < -0.3 is 25.2 Å². The highest BCUT2D eigenvalue weighted by Crippen LogP contribution is 2.22. The molecule has 3 rings (SSSR count). The summed E-state index contributed by atoms with van der Waals surface area (Å²) in [5.41, 5.74) is 2.19. The second-order valence-corrected chi connectivity index (χ2v) is 12.4. The fourth-order valence-electron chi connectivity index (χ4n) is 4.67. The fraction of sp³-hybridized carbons (Fsp3) is 0.355. The van der Waals surface area contributed by atoms with Gasteiger partial charge in [0, 0.05) is 32.2 Å². The average Bonchev–Trinajstić information content (AvgIpc) is 2.93. The zero-order valence-electron chi connectivity index (χ0n) is 23.6. The maximum absolute atomic E-state index is 13.7. The quantitative estimate of drug-likeness (QED) is 0.301. The molecule has 0 aliphatic rings. The van der Waals surface area contributed by atoms with Crippen LogP contribution in [0.2, 0.25) is 0 Å². The Morgan fingerprint density at radius 3 is 1.95 bits per heavy atom. The van der Waals surface area contributed by atoms with Crippen molar-refractivity contribution in [1.29, 1.82) is 0 Å². The molecule has 0 bridgehead atoms. The van der Waals surface area contributed by atoms with E-state index >= 15 is 0 Å². The Morgan fingerprint density at radius 1 is 0.878 bits per heavy atom. The second-order valence-electron chi connectivity index (χ2n) is 10.4. The molecular weight excluding hydrogens is 542 g/mol. The third-order valence-electron chi connectivity index (χ3n) is 6.62. The van der Waals surface area contributed by atoms with Gasteiger partial charge in [0.25, 0.3) is 0 Å². The highest BCUT2D eigenvalue weighted by Gasteiger charge is 2.33. The van der Waals surface area contributed by atoms with E-state index in [4.69, 9.17) is 0 Å². The first-order valence-electron chi connectivity index (χ1n) is 13.6. The van der Waals surface area contributed by atoms with E-state index in [-0.39, 0.29) is 42.8 Å². The third kappa shape index (κ3) is 9.41. The molecule has 0 saturated carbocycles. The number of aliphatic hydroxyl groups is 1. The standard InChI is InChI=1S/C31H39N3O6S/c1-23(2)21-33(41(39,40)28-16-14-27(15-17-28)32-24(3)35)22-30(36)29(20-26-12-8-5-9-13-26)34(31(37)38)19-18-25-10-6-4-7-11-25/h4-17,23,29-30,36H,18-22H2,1-3H3,(H,32,35)(H,37,38)/p-1/t29-,30+/m0/s1. The van der Waals surface area contributed by atoms with Gasteiger partial charge in [0.15, 0.2) is 0 Å². The Labute approximate surface area is 242 Å². The minimum atomic E-state index is -4.06. The molecule has 220 valence electrons. The molecule has 41 heavy (non-hydrogen) atoms. The third-order valence-corrected chi connectivity index (χ3v) is 8.47. The summed E-state index contributed by atoms with van der Waals surface area (Å²) in [6, 6.07) is 23.4. The molecular formula is C31H38N3O6S-. The van der Waals surface area contributed by atoms with Gasteiger partial charge in [-0.25, -0.2) is 8.42 Å². The number of hydrogen-bond donors (Lipinski definition) is 2. The molecule has 0 unspecified atom stereocenters. The minimum Gasteiger partial charge on any atom is -0.530 e. The summed E-state index contributed by atoms with van der Waals surface area (Å²) in [5.74, 6) is -0.349. The van der Waals surface area contributed by atoms with E-state index in [1.165, 1.54) is 35.5 Å². The monoisotopic (exact) mass is 580 g/mol. The number of carboxylic acid groups (broad SMARTS) is 1. The van der Waals surface area contributed by atoms with Crippen LogP contribution in [0.4, 0.5) is 10.5 Å². The Bertz CT molecular complexity index is 1370. The molecule has 0 heterocycles. The van der Waals surface area contributed by atoms with Gasteiger partial charge in [0.1, 0.15) is 6.09 Å². The zero-order chi connectivity index (χ0) is 30.0. The van der Waals surface area contributed by atoms with Crippen LogP contribution in [-0.2, 0) is 27.7 Å². The molecule has 3 aromatic carbocycles. The van der Waals surface area contributed by atoms with Crippen molar-refractivity contribution in [3.8, 4) is 0 Å². The van der Waals surface area contributed by atoms with Crippen molar-refractivity contribution in [1.82, 2.24) is 9.21 Å². The van der Waals surface area contributed by atoms with Gasteiger partial charge >= 0.3 is 0 Å². The first-order chi connectivity index (χ1) is 19.5. The van der Waals surface area contributed by atoms with E-state index in [0.29, 0.717) is 12.1 Å². The first kappa shape index (κ1) is 31.8. The van der Waals surface area contributed by atoms with Crippen molar-refractivity contribution in [2.45, 2.75) is 50.7 Å². The summed E-state index contributed by atoms with van der Waals surface area (Å²) >= 11 is 0. The van der Waals surface area contributed by atoms with Crippen LogP contribution in [-0.4, -0.2) is 66.5 Å². The molecule has 9 nitrogen and oxygen atoms in total. The lowest BCUT2D eigenvalue weighted by molar-refractivity contribution is -0.269. The van der Waals surface area contributed by atoms with E-state index in [2.05, 4.69) is 5.32 Å². The number of rotatable bonds is 14. The van der Waals surface area contributed by atoms with Crippen LogP contribution >= 0.6 is 0 Å². The van der Waals surface area contributed by atoms with Crippen LogP contribution < -0.4 is 10.4 Å². The number of nitrogens with one attached hydrogen (secondary N) is 1. The lowest BCUT2D eigenvalue weighted by Crippen LogP contribution is -2.56. The lowest BCUT2D eigenvalue weighted by Gasteiger charge is -2.39. The summed E-state index contributed by atoms with van der Waals surface area (Å²) < 4.78 is 28.6. The van der Waals surface area contributed by atoms with Gasteiger partial charge in [0.05, 0.1) is 17.0 Å². The molecule has 0 spiro atoms. The molecule has 2 N–H and O–H groups in total. The van der Waals surface area contributed by atoms with Crippen molar-refractivity contribution in [2.24, 2.45) is 5.92 Å². The molecule has 0 fully saturated rings. The van der Waals surface area contributed by atoms with Gasteiger partial charge in [-0.2, -0.15) is 4.31 Å². The zero-order valence-corrected chi connectivity index (χ0v) is 24.5. The largest absolute Gasteiger partial charge is 0.530 e. The van der Waals surface area contributed by atoms with E-state index < -0.39 is 28.3 Å².